The van der Waals surface area contributed by atoms with E-state index < -0.39 is 0 Å². The molecule has 1 heterocycles. The molecular weight excluding hydrogens is 244 g/mol. The Kier molecular flexibility index (Phi) is 3.64. The van der Waals surface area contributed by atoms with Crippen molar-refractivity contribution in [1.82, 2.24) is 9.55 Å². The maximum Gasteiger partial charge on any atom is 0.232 e. The van der Waals surface area contributed by atoms with Crippen molar-refractivity contribution in [1.29, 1.82) is 0 Å². The van der Waals surface area contributed by atoms with Crippen LogP contribution in [0.25, 0.3) is 5.69 Å². The number of hydrogen-bond donors (Lipinski definition) is 0. The molecule has 16 heavy (non-hydrogen) atoms. The summed E-state index contributed by atoms with van der Waals surface area (Å²) in [6.07, 6.45) is 3.56. The van der Waals surface area contributed by atoms with Gasteiger partial charge in [0.25, 0.3) is 0 Å². The molecule has 0 fully saturated rings. The molecular formula is C11H9ClN2OS. The first kappa shape index (κ1) is 11.2. The van der Waals surface area contributed by atoms with Gasteiger partial charge >= 0.3 is 0 Å². The van der Waals surface area contributed by atoms with E-state index in [1.165, 1.54) is 11.8 Å². The van der Waals surface area contributed by atoms with Gasteiger partial charge in [-0.15, -0.1) is 0 Å². The minimum Gasteiger partial charge on any atom is -0.295 e. The fourth-order valence-electron chi connectivity index (χ4n) is 1.30. The van der Waals surface area contributed by atoms with Gasteiger partial charge in [0.05, 0.1) is 5.75 Å². The smallest absolute Gasteiger partial charge is 0.232 e. The molecule has 0 amide bonds. The largest absolute Gasteiger partial charge is 0.295 e. The summed E-state index contributed by atoms with van der Waals surface area (Å²) in [5.74, 6) is 0.228. The van der Waals surface area contributed by atoms with Crippen molar-refractivity contribution in [2.75, 3.05) is 5.75 Å². The first-order valence-electron chi connectivity index (χ1n) is 4.67. The number of carbonyl (C=O) groups excluding carboxylic acids is 1. The van der Waals surface area contributed by atoms with Gasteiger partial charge in [0.15, 0.2) is 5.16 Å². The molecule has 1 aromatic carbocycles. The average molecular weight is 253 g/mol. The van der Waals surface area contributed by atoms with E-state index in [9.17, 15) is 4.79 Å². The Morgan fingerprint density at radius 2 is 2.12 bits per heavy atom. The summed E-state index contributed by atoms with van der Waals surface area (Å²) >= 11 is 6.62. The van der Waals surface area contributed by atoms with E-state index in [-0.39, 0.29) is 11.0 Å². The molecule has 2 aromatic rings. The zero-order chi connectivity index (χ0) is 11.4. The minimum absolute atomic E-state index is 0.228. The van der Waals surface area contributed by atoms with Crippen LogP contribution in [0.1, 0.15) is 0 Å². The summed E-state index contributed by atoms with van der Waals surface area (Å²) in [5, 5.41) is 0.396. The molecule has 0 radical (unpaired) electrons. The summed E-state index contributed by atoms with van der Waals surface area (Å²) in [6.45, 7) is 0. The van der Waals surface area contributed by atoms with Gasteiger partial charge in [0.1, 0.15) is 0 Å². The van der Waals surface area contributed by atoms with Crippen molar-refractivity contribution < 1.29 is 4.79 Å². The Bertz CT molecular complexity index is 484. The number of halogens is 1. The Hall–Kier alpha value is -1.26. The third-order valence-electron chi connectivity index (χ3n) is 1.96. The van der Waals surface area contributed by atoms with Gasteiger partial charge in [-0.25, -0.2) is 4.98 Å². The highest BCUT2D eigenvalue weighted by molar-refractivity contribution is 8.00. The number of rotatable bonds is 4. The van der Waals surface area contributed by atoms with E-state index in [1.54, 1.807) is 6.20 Å². The standard InChI is InChI=1S/C11H9ClN2OS/c12-10(15)8-16-11-13-6-7-14(11)9-4-2-1-3-5-9/h1-7H,8H2. The summed E-state index contributed by atoms with van der Waals surface area (Å²) in [4.78, 5) is 14.9. The lowest BCUT2D eigenvalue weighted by molar-refractivity contribution is -0.109. The van der Waals surface area contributed by atoms with Crippen molar-refractivity contribution in [3.05, 3.63) is 42.7 Å². The third kappa shape index (κ3) is 2.65. The molecule has 0 bridgehead atoms. The van der Waals surface area contributed by atoms with E-state index in [0.29, 0.717) is 0 Å². The molecule has 0 atom stereocenters. The molecule has 0 unspecified atom stereocenters. The van der Waals surface area contributed by atoms with Crippen LogP contribution < -0.4 is 0 Å². The summed E-state index contributed by atoms with van der Waals surface area (Å²) in [7, 11) is 0. The second kappa shape index (κ2) is 5.18. The predicted molar refractivity (Wildman–Crippen MR) is 65.1 cm³/mol. The molecule has 1 aromatic heterocycles. The normalized spacial score (nSPS) is 10.3. The number of hydrogen-bond acceptors (Lipinski definition) is 3. The van der Waals surface area contributed by atoms with Crippen LogP contribution in [0.5, 0.6) is 0 Å². The Balaban J connectivity index is 2.23. The van der Waals surface area contributed by atoms with Crippen LogP contribution in [0.4, 0.5) is 0 Å². The van der Waals surface area contributed by atoms with Crippen LogP contribution in [0, 0.1) is 0 Å². The maximum absolute atomic E-state index is 10.7. The fraction of sp³-hybridized carbons (Fsp3) is 0.0909. The fourth-order valence-corrected chi connectivity index (χ4v) is 2.15. The molecule has 0 spiro atoms. The number of para-hydroxylation sites is 1. The van der Waals surface area contributed by atoms with E-state index in [4.69, 9.17) is 11.6 Å². The SMILES string of the molecule is O=C(Cl)CSc1nccn1-c1ccccc1. The molecule has 2 rings (SSSR count). The third-order valence-corrected chi connectivity index (χ3v) is 3.21. The number of nitrogens with zero attached hydrogens (tertiary/aromatic N) is 2. The number of benzene rings is 1. The highest BCUT2D eigenvalue weighted by atomic mass is 35.5. The zero-order valence-electron chi connectivity index (χ0n) is 8.34. The average Bonchev–Trinajstić information content (AvgIpc) is 2.75. The highest BCUT2D eigenvalue weighted by Gasteiger charge is 2.06. The molecule has 0 N–H and O–H groups in total. The van der Waals surface area contributed by atoms with Crippen LogP contribution in [-0.4, -0.2) is 20.5 Å². The van der Waals surface area contributed by atoms with Gasteiger partial charge in [0.2, 0.25) is 5.24 Å². The van der Waals surface area contributed by atoms with Crippen LogP contribution in [0.15, 0.2) is 47.9 Å². The zero-order valence-corrected chi connectivity index (χ0v) is 9.91. The van der Waals surface area contributed by atoms with Gasteiger partial charge < -0.3 is 0 Å². The summed E-state index contributed by atoms with van der Waals surface area (Å²) in [5.41, 5.74) is 1.02. The van der Waals surface area contributed by atoms with Gasteiger partial charge in [-0.05, 0) is 23.7 Å². The van der Waals surface area contributed by atoms with E-state index in [0.717, 1.165) is 10.8 Å². The molecule has 0 saturated heterocycles. The van der Waals surface area contributed by atoms with E-state index >= 15 is 0 Å². The van der Waals surface area contributed by atoms with Crippen LogP contribution in [0.2, 0.25) is 0 Å². The minimum atomic E-state index is -0.368. The lowest BCUT2D eigenvalue weighted by Crippen LogP contribution is -1.97. The lowest BCUT2D eigenvalue weighted by atomic mass is 10.3. The van der Waals surface area contributed by atoms with Crippen molar-refractivity contribution in [3.63, 3.8) is 0 Å². The summed E-state index contributed by atoms with van der Waals surface area (Å²) in [6, 6.07) is 9.82. The Labute approximate surface area is 102 Å². The molecule has 3 nitrogen and oxygen atoms in total. The first-order valence-corrected chi connectivity index (χ1v) is 6.03. The molecule has 0 saturated carbocycles. The molecule has 0 aliphatic rings. The number of carbonyl (C=O) groups is 1. The molecule has 82 valence electrons. The van der Waals surface area contributed by atoms with Gasteiger partial charge in [-0.2, -0.15) is 0 Å². The lowest BCUT2D eigenvalue weighted by Gasteiger charge is -2.05. The molecule has 0 aliphatic carbocycles. The van der Waals surface area contributed by atoms with Gasteiger partial charge in [-0.1, -0.05) is 30.0 Å². The molecule has 0 aliphatic heterocycles. The molecule has 5 heteroatoms. The van der Waals surface area contributed by atoms with Crippen molar-refractivity contribution in [2.45, 2.75) is 5.16 Å². The monoisotopic (exact) mass is 252 g/mol. The number of aromatic nitrogens is 2. The highest BCUT2D eigenvalue weighted by Crippen LogP contribution is 2.20. The van der Waals surface area contributed by atoms with Crippen LogP contribution >= 0.6 is 23.4 Å². The van der Waals surface area contributed by atoms with Crippen molar-refractivity contribution in [2.24, 2.45) is 0 Å². The quantitative estimate of drug-likeness (QED) is 0.620. The topological polar surface area (TPSA) is 34.9 Å². The van der Waals surface area contributed by atoms with Crippen molar-refractivity contribution in [3.8, 4) is 5.69 Å². The Morgan fingerprint density at radius 3 is 2.81 bits per heavy atom. The second-order valence-electron chi connectivity index (χ2n) is 3.06. The Morgan fingerprint density at radius 1 is 1.38 bits per heavy atom. The second-order valence-corrected chi connectivity index (χ2v) is 4.42. The van der Waals surface area contributed by atoms with Gasteiger partial charge in [0, 0.05) is 18.1 Å². The van der Waals surface area contributed by atoms with E-state index in [1.807, 2.05) is 41.1 Å². The van der Waals surface area contributed by atoms with Crippen molar-refractivity contribution >= 4 is 28.6 Å². The maximum atomic E-state index is 10.7. The number of thioether (sulfide) groups is 1. The first-order chi connectivity index (χ1) is 7.77. The van der Waals surface area contributed by atoms with Crippen LogP contribution in [-0.2, 0) is 4.79 Å². The predicted octanol–water partition coefficient (Wildman–Crippen LogP) is 2.73. The van der Waals surface area contributed by atoms with Crippen LogP contribution in [0.3, 0.4) is 0 Å². The van der Waals surface area contributed by atoms with Gasteiger partial charge in [-0.3, -0.25) is 9.36 Å². The number of imidazole rings is 1. The van der Waals surface area contributed by atoms with E-state index in [2.05, 4.69) is 4.98 Å². The summed E-state index contributed by atoms with van der Waals surface area (Å²) < 4.78 is 1.92.